The summed E-state index contributed by atoms with van der Waals surface area (Å²) in [5.41, 5.74) is 5.77. The van der Waals surface area contributed by atoms with Crippen LogP contribution >= 0.6 is 0 Å². The van der Waals surface area contributed by atoms with Crippen molar-refractivity contribution in [3.63, 3.8) is 0 Å². The highest BCUT2D eigenvalue weighted by Gasteiger charge is 2.15. The van der Waals surface area contributed by atoms with Crippen molar-refractivity contribution in [2.24, 2.45) is 11.7 Å². The Labute approximate surface area is 91.4 Å². The van der Waals surface area contributed by atoms with E-state index >= 15 is 0 Å². The topological polar surface area (TPSA) is 101 Å². The van der Waals surface area contributed by atoms with Crippen molar-refractivity contribution in [2.75, 3.05) is 12.4 Å². The number of hydrogen-bond acceptors (Lipinski definition) is 4. The van der Waals surface area contributed by atoms with Gasteiger partial charge in [-0.3, -0.25) is 4.55 Å². The molecule has 0 aliphatic carbocycles. The van der Waals surface area contributed by atoms with E-state index in [1.807, 2.05) is 6.92 Å². The maximum atomic E-state index is 10.5. The van der Waals surface area contributed by atoms with Gasteiger partial charge in [-0.05, 0) is 25.2 Å². The standard InChI is InChI=1S/C9H21NO4S/c1-8(4-2-3-6-11)9(10)5-7-15(12,13)14/h8-9,11H,2-7,10H2,1H3,(H,12,13,14). The van der Waals surface area contributed by atoms with Crippen molar-refractivity contribution in [3.8, 4) is 0 Å². The number of rotatable bonds is 8. The molecule has 0 saturated carbocycles. The highest BCUT2D eigenvalue weighted by atomic mass is 32.2. The molecule has 0 radical (unpaired) electrons. The van der Waals surface area contributed by atoms with Gasteiger partial charge in [0.2, 0.25) is 0 Å². The molecular weight excluding hydrogens is 218 g/mol. The second-order valence-corrected chi connectivity index (χ2v) is 5.51. The summed E-state index contributed by atoms with van der Waals surface area (Å²) in [7, 11) is -3.90. The molecule has 5 nitrogen and oxygen atoms in total. The minimum atomic E-state index is -3.90. The summed E-state index contributed by atoms with van der Waals surface area (Å²) in [6.45, 7) is 2.12. The third-order valence-corrected chi connectivity index (χ3v) is 3.26. The molecule has 2 unspecified atom stereocenters. The fourth-order valence-electron chi connectivity index (χ4n) is 1.36. The van der Waals surface area contributed by atoms with E-state index in [-0.39, 0.29) is 30.7 Å². The van der Waals surface area contributed by atoms with Gasteiger partial charge in [-0.2, -0.15) is 8.42 Å². The van der Waals surface area contributed by atoms with Crippen molar-refractivity contribution in [1.29, 1.82) is 0 Å². The van der Waals surface area contributed by atoms with Crippen molar-refractivity contribution < 1.29 is 18.1 Å². The normalized spacial score (nSPS) is 16.3. The van der Waals surface area contributed by atoms with E-state index in [2.05, 4.69) is 0 Å². The molecule has 0 aromatic heterocycles. The molecule has 0 amide bonds. The number of aliphatic hydroxyl groups excluding tert-OH is 1. The average Bonchev–Trinajstić information content (AvgIpc) is 2.13. The lowest BCUT2D eigenvalue weighted by molar-refractivity contribution is 0.275. The van der Waals surface area contributed by atoms with Crippen LogP contribution in [0.15, 0.2) is 0 Å². The average molecular weight is 239 g/mol. The van der Waals surface area contributed by atoms with Gasteiger partial charge in [0.05, 0.1) is 5.75 Å². The molecule has 15 heavy (non-hydrogen) atoms. The zero-order chi connectivity index (χ0) is 11.9. The molecule has 6 heteroatoms. The van der Waals surface area contributed by atoms with Gasteiger partial charge < -0.3 is 10.8 Å². The Hall–Kier alpha value is -0.170. The quantitative estimate of drug-likeness (QED) is 0.420. The Balaban J connectivity index is 3.74. The molecule has 0 heterocycles. The molecule has 0 bridgehead atoms. The van der Waals surface area contributed by atoms with Gasteiger partial charge in [0.1, 0.15) is 0 Å². The van der Waals surface area contributed by atoms with Crippen LogP contribution in [0.1, 0.15) is 32.6 Å². The van der Waals surface area contributed by atoms with Gasteiger partial charge >= 0.3 is 0 Å². The number of aliphatic hydroxyl groups is 1. The Kier molecular flexibility index (Phi) is 7.08. The second kappa shape index (κ2) is 7.16. The van der Waals surface area contributed by atoms with Crippen LogP contribution in [0.25, 0.3) is 0 Å². The van der Waals surface area contributed by atoms with E-state index in [0.717, 1.165) is 19.3 Å². The second-order valence-electron chi connectivity index (χ2n) is 3.94. The van der Waals surface area contributed by atoms with Crippen LogP contribution in [0, 0.1) is 5.92 Å². The predicted molar refractivity (Wildman–Crippen MR) is 59.1 cm³/mol. The summed E-state index contributed by atoms with van der Waals surface area (Å²) in [6, 6.07) is -0.217. The molecule has 0 spiro atoms. The monoisotopic (exact) mass is 239 g/mol. The minimum absolute atomic E-state index is 0.174. The van der Waals surface area contributed by atoms with Crippen LogP contribution in [0.4, 0.5) is 0 Å². The van der Waals surface area contributed by atoms with Crippen LogP contribution in [0.5, 0.6) is 0 Å². The highest BCUT2D eigenvalue weighted by molar-refractivity contribution is 7.85. The summed E-state index contributed by atoms with van der Waals surface area (Å²) in [5, 5.41) is 8.58. The van der Waals surface area contributed by atoms with E-state index in [9.17, 15) is 8.42 Å². The largest absolute Gasteiger partial charge is 0.396 e. The fourth-order valence-corrected chi connectivity index (χ4v) is 1.93. The van der Waals surface area contributed by atoms with Gasteiger partial charge in [-0.15, -0.1) is 0 Å². The maximum Gasteiger partial charge on any atom is 0.264 e. The third-order valence-electron chi connectivity index (χ3n) is 2.51. The van der Waals surface area contributed by atoms with E-state index < -0.39 is 10.1 Å². The van der Waals surface area contributed by atoms with Gasteiger partial charge in [-0.25, -0.2) is 0 Å². The highest BCUT2D eigenvalue weighted by Crippen LogP contribution is 2.13. The van der Waals surface area contributed by atoms with E-state index in [0.29, 0.717) is 0 Å². The van der Waals surface area contributed by atoms with E-state index in [1.54, 1.807) is 0 Å². The van der Waals surface area contributed by atoms with E-state index in [1.165, 1.54) is 0 Å². The lowest BCUT2D eigenvalue weighted by Gasteiger charge is -2.18. The Bertz CT molecular complexity index is 253. The zero-order valence-corrected chi connectivity index (χ0v) is 9.91. The van der Waals surface area contributed by atoms with Gasteiger partial charge in [0.25, 0.3) is 10.1 Å². The first-order valence-corrected chi connectivity index (χ1v) is 6.79. The van der Waals surface area contributed by atoms with Gasteiger partial charge in [0, 0.05) is 12.6 Å². The molecule has 2 atom stereocenters. The molecule has 0 aromatic carbocycles. The molecule has 0 saturated heterocycles. The molecule has 0 fully saturated rings. The zero-order valence-electron chi connectivity index (χ0n) is 9.09. The fraction of sp³-hybridized carbons (Fsp3) is 1.00. The minimum Gasteiger partial charge on any atom is -0.396 e. The maximum absolute atomic E-state index is 10.5. The van der Waals surface area contributed by atoms with E-state index in [4.69, 9.17) is 15.4 Å². The van der Waals surface area contributed by atoms with Gasteiger partial charge in [-0.1, -0.05) is 13.3 Å². The SMILES string of the molecule is CC(CCCCO)C(N)CCS(=O)(=O)O. The van der Waals surface area contributed by atoms with Crippen molar-refractivity contribution in [1.82, 2.24) is 0 Å². The summed E-state index contributed by atoms with van der Waals surface area (Å²) in [6.07, 6.45) is 2.78. The number of nitrogens with two attached hydrogens (primary N) is 1. The van der Waals surface area contributed by atoms with Gasteiger partial charge in [0.15, 0.2) is 0 Å². The molecule has 0 aliphatic rings. The van der Waals surface area contributed by atoms with Crippen LogP contribution in [0.2, 0.25) is 0 Å². The van der Waals surface area contributed by atoms with Crippen molar-refractivity contribution >= 4 is 10.1 Å². The Morgan fingerprint density at radius 2 is 1.87 bits per heavy atom. The lowest BCUT2D eigenvalue weighted by Crippen LogP contribution is -2.30. The summed E-state index contributed by atoms with van der Waals surface area (Å²) in [5.74, 6) is -0.0725. The smallest absolute Gasteiger partial charge is 0.264 e. The van der Waals surface area contributed by atoms with Crippen molar-refractivity contribution in [2.45, 2.75) is 38.6 Å². The summed E-state index contributed by atoms with van der Waals surface area (Å²) < 4.78 is 29.5. The number of hydrogen-bond donors (Lipinski definition) is 3. The van der Waals surface area contributed by atoms with Crippen LogP contribution < -0.4 is 5.73 Å². The first kappa shape index (κ1) is 14.8. The first-order valence-electron chi connectivity index (χ1n) is 5.18. The predicted octanol–water partition coefficient (Wildman–Crippen LogP) is 0.390. The molecular formula is C9H21NO4S. The van der Waals surface area contributed by atoms with Crippen LogP contribution in [0.3, 0.4) is 0 Å². The van der Waals surface area contributed by atoms with Crippen LogP contribution in [-0.2, 0) is 10.1 Å². The lowest BCUT2D eigenvalue weighted by atomic mass is 9.95. The molecule has 4 N–H and O–H groups in total. The Morgan fingerprint density at radius 3 is 2.33 bits per heavy atom. The molecule has 92 valence electrons. The molecule has 0 rings (SSSR count). The number of unbranched alkanes of at least 4 members (excludes halogenated alkanes) is 1. The molecule has 0 aromatic rings. The Morgan fingerprint density at radius 1 is 1.27 bits per heavy atom. The van der Waals surface area contributed by atoms with Crippen molar-refractivity contribution in [3.05, 3.63) is 0 Å². The summed E-state index contributed by atoms with van der Waals surface area (Å²) in [4.78, 5) is 0. The third kappa shape index (κ3) is 8.80. The molecule has 0 aliphatic heterocycles. The van der Waals surface area contributed by atoms with Crippen LogP contribution in [-0.4, -0.2) is 36.5 Å². The summed E-state index contributed by atoms with van der Waals surface area (Å²) >= 11 is 0. The first-order chi connectivity index (χ1) is 6.87.